The van der Waals surface area contributed by atoms with E-state index in [-0.39, 0.29) is 12.6 Å². The number of nitrogens with one attached hydrogen (secondary N) is 1. The molecule has 0 aromatic heterocycles. The SMILES string of the molecule is OC[C@H]1/C=C\CCCCN1. The summed E-state index contributed by atoms with van der Waals surface area (Å²) in [6.45, 7) is 1.26. The molecule has 1 aliphatic rings. The second-order valence-corrected chi connectivity index (χ2v) is 2.67. The second kappa shape index (κ2) is 4.47. The van der Waals surface area contributed by atoms with Crippen LogP contribution in [0.3, 0.4) is 0 Å². The average Bonchev–Trinajstić information content (AvgIpc) is 1.87. The van der Waals surface area contributed by atoms with Gasteiger partial charge in [0.15, 0.2) is 0 Å². The quantitative estimate of drug-likeness (QED) is 0.526. The van der Waals surface area contributed by atoms with Crippen LogP contribution >= 0.6 is 0 Å². The summed E-state index contributed by atoms with van der Waals surface area (Å²) in [6, 6.07) is 0.195. The Hall–Kier alpha value is -0.340. The van der Waals surface area contributed by atoms with E-state index in [1.165, 1.54) is 12.8 Å². The highest BCUT2D eigenvalue weighted by Crippen LogP contribution is 2.00. The van der Waals surface area contributed by atoms with Gasteiger partial charge in [0, 0.05) is 6.04 Å². The van der Waals surface area contributed by atoms with Gasteiger partial charge >= 0.3 is 0 Å². The van der Waals surface area contributed by atoms with Crippen LogP contribution in [-0.2, 0) is 0 Å². The van der Waals surface area contributed by atoms with Crippen LogP contribution in [0.25, 0.3) is 0 Å². The summed E-state index contributed by atoms with van der Waals surface area (Å²) in [5, 5.41) is 12.0. The van der Waals surface area contributed by atoms with Crippen LogP contribution in [0.4, 0.5) is 0 Å². The first kappa shape index (κ1) is 7.76. The highest BCUT2D eigenvalue weighted by atomic mass is 16.3. The average molecular weight is 141 g/mol. The number of allylic oxidation sites excluding steroid dienone is 1. The molecule has 0 radical (unpaired) electrons. The van der Waals surface area contributed by atoms with E-state index in [0.717, 1.165) is 13.0 Å². The summed E-state index contributed by atoms with van der Waals surface area (Å²) in [7, 11) is 0. The molecule has 0 aromatic carbocycles. The molecule has 0 amide bonds. The van der Waals surface area contributed by atoms with Gasteiger partial charge < -0.3 is 10.4 Å². The third kappa shape index (κ3) is 2.50. The van der Waals surface area contributed by atoms with Crippen LogP contribution in [0, 0.1) is 0 Å². The monoisotopic (exact) mass is 141 g/mol. The standard InChI is InChI=1S/C8H15NO/c10-7-8-5-3-1-2-4-6-9-8/h3,5,8-10H,1-2,4,6-7H2/b5-3-/t8-/m1/s1. The lowest BCUT2D eigenvalue weighted by Crippen LogP contribution is -2.31. The van der Waals surface area contributed by atoms with Crippen molar-refractivity contribution in [2.75, 3.05) is 13.2 Å². The molecule has 0 aliphatic carbocycles. The molecule has 0 aromatic rings. The van der Waals surface area contributed by atoms with E-state index in [0.29, 0.717) is 0 Å². The molecule has 58 valence electrons. The van der Waals surface area contributed by atoms with Gasteiger partial charge in [0.05, 0.1) is 6.61 Å². The Morgan fingerprint density at radius 3 is 3.20 bits per heavy atom. The van der Waals surface area contributed by atoms with Gasteiger partial charge in [-0.1, -0.05) is 12.2 Å². The molecule has 0 bridgehead atoms. The van der Waals surface area contributed by atoms with E-state index in [2.05, 4.69) is 17.5 Å². The van der Waals surface area contributed by atoms with Crippen LogP contribution in [-0.4, -0.2) is 24.3 Å². The van der Waals surface area contributed by atoms with Crippen molar-refractivity contribution in [3.8, 4) is 0 Å². The predicted octanol–water partition coefficient (Wildman–Crippen LogP) is 0.677. The molecule has 2 nitrogen and oxygen atoms in total. The van der Waals surface area contributed by atoms with Gasteiger partial charge in [0.2, 0.25) is 0 Å². The van der Waals surface area contributed by atoms with Crippen LogP contribution in [0.2, 0.25) is 0 Å². The van der Waals surface area contributed by atoms with Crippen molar-refractivity contribution in [2.24, 2.45) is 0 Å². The van der Waals surface area contributed by atoms with E-state index < -0.39 is 0 Å². The maximum atomic E-state index is 8.79. The van der Waals surface area contributed by atoms with E-state index in [1.807, 2.05) is 0 Å². The minimum absolute atomic E-state index is 0.195. The second-order valence-electron chi connectivity index (χ2n) is 2.67. The Labute approximate surface area is 61.9 Å². The number of hydrogen-bond acceptors (Lipinski definition) is 2. The highest BCUT2D eigenvalue weighted by molar-refractivity contribution is 4.94. The number of aliphatic hydroxyl groups excluding tert-OH is 1. The van der Waals surface area contributed by atoms with Gasteiger partial charge in [-0.15, -0.1) is 0 Å². The summed E-state index contributed by atoms with van der Waals surface area (Å²) >= 11 is 0. The van der Waals surface area contributed by atoms with Crippen molar-refractivity contribution in [2.45, 2.75) is 25.3 Å². The zero-order valence-electron chi connectivity index (χ0n) is 6.21. The minimum Gasteiger partial charge on any atom is -0.394 e. The van der Waals surface area contributed by atoms with Gasteiger partial charge in [-0.25, -0.2) is 0 Å². The smallest absolute Gasteiger partial charge is 0.0620 e. The largest absolute Gasteiger partial charge is 0.394 e. The zero-order chi connectivity index (χ0) is 7.23. The summed E-state index contributed by atoms with van der Waals surface area (Å²) in [5.74, 6) is 0. The first-order chi connectivity index (χ1) is 4.93. The Bertz CT molecular complexity index is 112. The summed E-state index contributed by atoms with van der Waals surface area (Å²) in [5.41, 5.74) is 0. The predicted molar refractivity (Wildman–Crippen MR) is 41.9 cm³/mol. The number of aliphatic hydroxyl groups is 1. The van der Waals surface area contributed by atoms with Crippen molar-refractivity contribution in [1.29, 1.82) is 0 Å². The molecule has 1 heterocycles. The lowest BCUT2D eigenvalue weighted by molar-refractivity contribution is 0.263. The molecule has 0 spiro atoms. The molecule has 0 saturated heterocycles. The van der Waals surface area contributed by atoms with Gasteiger partial charge in [-0.3, -0.25) is 0 Å². The van der Waals surface area contributed by atoms with Gasteiger partial charge in [0.1, 0.15) is 0 Å². The van der Waals surface area contributed by atoms with E-state index >= 15 is 0 Å². The van der Waals surface area contributed by atoms with E-state index in [9.17, 15) is 0 Å². The summed E-state index contributed by atoms with van der Waals surface area (Å²) in [6.07, 6.45) is 7.85. The van der Waals surface area contributed by atoms with Crippen LogP contribution in [0.1, 0.15) is 19.3 Å². The van der Waals surface area contributed by atoms with Gasteiger partial charge in [-0.2, -0.15) is 0 Å². The molecule has 10 heavy (non-hydrogen) atoms. The summed E-state index contributed by atoms with van der Waals surface area (Å²) in [4.78, 5) is 0. The molecule has 0 fully saturated rings. The molecular weight excluding hydrogens is 126 g/mol. The topological polar surface area (TPSA) is 32.3 Å². The van der Waals surface area contributed by atoms with Crippen molar-refractivity contribution >= 4 is 0 Å². The maximum absolute atomic E-state index is 8.79. The zero-order valence-corrected chi connectivity index (χ0v) is 6.21. The van der Waals surface area contributed by atoms with Gasteiger partial charge in [0.25, 0.3) is 0 Å². The molecule has 1 aliphatic heterocycles. The van der Waals surface area contributed by atoms with E-state index in [1.54, 1.807) is 0 Å². The third-order valence-electron chi connectivity index (χ3n) is 1.77. The third-order valence-corrected chi connectivity index (χ3v) is 1.77. The molecule has 1 atom stereocenters. The normalized spacial score (nSPS) is 30.7. The number of rotatable bonds is 1. The molecular formula is C8H15NO. The maximum Gasteiger partial charge on any atom is 0.0620 e. The molecule has 0 unspecified atom stereocenters. The van der Waals surface area contributed by atoms with Crippen LogP contribution in [0.5, 0.6) is 0 Å². The first-order valence-corrected chi connectivity index (χ1v) is 3.94. The Morgan fingerprint density at radius 2 is 2.40 bits per heavy atom. The number of hydrogen-bond donors (Lipinski definition) is 2. The van der Waals surface area contributed by atoms with Crippen molar-refractivity contribution < 1.29 is 5.11 Å². The van der Waals surface area contributed by atoms with Crippen LogP contribution < -0.4 is 5.32 Å². The Balaban J connectivity index is 2.33. The highest BCUT2D eigenvalue weighted by Gasteiger charge is 2.02. The van der Waals surface area contributed by atoms with Crippen molar-refractivity contribution in [1.82, 2.24) is 5.32 Å². The molecule has 0 saturated carbocycles. The fraction of sp³-hybridized carbons (Fsp3) is 0.750. The first-order valence-electron chi connectivity index (χ1n) is 3.94. The molecule has 2 heteroatoms. The Morgan fingerprint density at radius 1 is 1.50 bits per heavy atom. The Kier molecular flexibility index (Phi) is 3.47. The molecule has 1 rings (SSSR count). The minimum atomic E-state index is 0.195. The van der Waals surface area contributed by atoms with Crippen molar-refractivity contribution in [3.05, 3.63) is 12.2 Å². The fourth-order valence-electron chi connectivity index (χ4n) is 1.13. The van der Waals surface area contributed by atoms with E-state index in [4.69, 9.17) is 5.11 Å². The lowest BCUT2D eigenvalue weighted by Gasteiger charge is -2.13. The fourth-order valence-corrected chi connectivity index (χ4v) is 1.13. The lowest BCUT2D eigenvalue weighted by atomic mass is 10.1. The van der Waals surface area contributed by atoms with Gasteiger partial charge in [-0.05, 0) is 25.8 Å². The summed E-state index contributed by atoms with van der Waals surface area (Å²) < 4.78 is 0. The molecule has 2 N–H and O–H groups in total. The van der Waals surface area contributed by atoms with Crippen LogP contribution in [0.15, 0.2) is 12.2 Å². The van der Waals surface area contributed by atoms with Crippen molar-refractivity contribution in [3.63, 3.8) is 0 Å².